The largest absolute Gasteiger partial charge is 0.365 e. The molecule has 2 heterocycles. The number of nitrogens with one attached hydrogen (secondary N) is 1. The molecule has 1 aliphatic heterocycles. The predicted molar refractivity (Wildman–Crippen MR) is 81.0 cm³/mol. The van der Waals surface area contributed by atoms with E-state index < -0.39 is 5.60 Å². The van der Waals surface area contributed by atoms with Gasteiger partial charge in [-0.1, -0.05) is 12.1 Å². The van der Waals surface area contributed by atoms with Crippen LogP contribution < -0.4 is 5.32 Å². The molecule has 1 aromatic heterocycles. The Hall–Kier alpha value is -1.88. The van der Waals surface area contributed by atoms with Crippen LogP contribution in [0.2, 0.25) is 0 Å². The van der Waals surface area contributed by atoms with Crippen molar-refractivity contribution in [1.82, 2.24) is 14.9 Å². The molecule has 0 aliphatic carbocycles. The van der Waals surface area contributed by atoms with Crippen LogP contribution in [0.3, 0.4) is 0 Å². The Kier molecular flexibility index (Phi) is 3.68. The molecular formula is C16H21N3O2. The standard InChI is InChI=1S/C16H21N3O2/c1-16(9-5-11-21-16)15(20)17-10-8-14-18-12-6-3-4-7-13(12)19(14)2/h3-4,6-7H,5,8-11H2,1-2H3,(H,17,20)/t16-/m1/s1. The lowest BCUT2D eigenvalue weighted by atomic mass is 10.0. The van der Waals surface area contributed by atoms with Gasteiger partial charge in [-0.15, -0.1) is 0 Å². The van der Waals surface area contributed by atoms with Gasteiger partial charge in [0.25, 0.3) is 5.91 Å². The highest BCUT2D eigenvalue weighted by Crippen LogP contribution is 2.24. The summed E-state index contributed by atoms with van der Waals surface area (Å²) < 4.78 is 7.62. The first-order valence-corrected chi connectivity index (χ1v) is 7.43. The van der Waals surface area contributed by atoms with Gasteiger partial charge in [0.2, 0.25) is 0 Å². The molecule has 0 saturated carbocycles. The number of hydrogen-bond acceptors (Lipinski definition) is 3. The lowest BCUT2D eigenvalue weighted by Crippen LogP contribution is -2.44. The molecule has 0 spiro atoms. The summed E-state index contributed by atoms with van der Waals surface area (Å²) in [6, 6.07) is 8.05. The van der Waals surface area contributed by atoms with Gasteiger partial charge < -0.3 is 14.6 Å². The quantitative estimate of drug-likeness (QED) is 0.933. The van der Waals surface area contributed by atoms with Crippen molar-refractivity contribution in [1.29, 1.82) is 0 Å². The van der Waals surface area contributed by atoms with E-state index in [0.29, 0.717) is 19.6 Å². The number of ether oxygens (including phenoxy) is 1. The number of benzene rings is 1. The van der Waals surface area contributed by atoms with E-state index in [-0.39, 0.29) is 5.91 Å². The molecule has 3 rings (SSSR count). The fraction of sp³-hybridized carbons (Fsp3) is 0.500. The van der Waals surface area contributed by atoms with Gasteiger partial charge >= 0.3 is 0 Å². The van der Waals surface area contributed by atoms with Gasteiger partial charge in [-0.3, -0.25) is 4.79 Å². The first-order valence-electron chi connectivity index (χ1n) is 7.43. The Balaban J connectivity index is 1.62. The second-order valence-electron chi connectivity index (χ2n) is 5.76. The minimum absolute atomic E-state index is 0.0150. The van der Waals surface area contributed by atoms with Gasteiger partial charge in [-0.2, -0.15) is 0 Å². The summed E-state index contributed by atoms with van der Waals surface area (Å²) in [5, 5.41) is 2.97. The molecule has 1 fully saturated rings. The van der Waals surface area contributed by atoms with Crippen LogP contribution in [0.5, 0.6) is 0 Å². The van der Waals surface area contributed by atoms with Crippen molar-refractivity contribution in [3.05, 3.63) is 30.1 Å². The molecule has 5 nitrogen and oxygen atoms in total. The summed E-state index contributed by atoms with van der Waals surface area (Å²) in [6.45, 7) is 3.12. The van der Waals surface area contributed by atoms with Gasteiger partial charge in [-0.25, -0.2) is 4.98 Å². The number of fused-ring (bicyclic) bond motifs is 1. The summed E-state index contributed by atoms with van der Waals surface area (Å²) in [7, 11) is 2.01. The Labute approximate surface area is 124 Å². The van der Waals surface area contributed by atoms with Crippen molar-refractivity contribution in [2.45, 2.75) is 31.8 Å². The second-order valence-corrected chi connectivity index (χ2v) is 5.76. The van der Waals surface area contributed by atoms with E-state index >= 15 is 0 Å². The van der Waals surface area contributed by atoms with E-state index in [2.05, 4.69) is 20.9 Å². The smallest absolute Gasteiger partial charge is 0.251 e. The van der Waals surface area contributed by atoms with E-state index in [1.54, 1.807) is 0 Å². The number of para-hydroxylation sites is 2. The SMILES string of the molecule is Cn1c(CCNC(=O)[C@@]2(C)CCCO2)nc2ccccc21. The van der Waals surface area contributed by atoms with Crippen molar-refractivity contribution in [2.75, 3.05) is 13.2 Å². The van der Waals surface area contributed by atoms with Crippen LogP contribution in [0.4, 0.5) is 0 Å². The molecule has 112 valence electrons. The second kappa shape index (κ2) is 5.48. The van der Waals surface area contributed by atoms with E-state index in [1.165, 1.54) is 0 Å². The first kappa shape index (κ1) is 14.1. The zero-order chi connectivity index (χ0) is 14.9. The van der Waals surface area contributed by atoms with Crippen LogP contribution in [-0.4, -0.2) is 34.2 Å². The molecule has 1 aromatic carbocycles. The molecule has 0 radical (unpaired) electrons. The van der Waals surface area contributed by atoms with Crippen molar-refractivity contribution < 1.29 is 9.53 Å². The monoisotopic (exact) mass is 287 g/mol. The fourth-order valence-corrected chi connectivity index (χ4v) is 2.85. The Bertz CT molecular complexity index is 657. The van der Waals surface area contributed by atoms with E-state index in [1.807, 2.05) is 32.2 Å². The molecule has 21 heavy (non-hydrogen) atoms. The number of imidazole rings is 1. The lowest BCUT2D eigenvalue weighted by molar-refractivity contribution is -0.139. The first-order chi connectivity index (χ1) is 10.1. The van der Waals surface area contributed by atoms with Gasteiger partial charge in [0.05, 0.1) is 11.0 Å². The number of carbonyl (C=O) groups is 1. The third kappa shape index (κ3) is 2.65. The summed E-state index contributed by atoms with van der Waals surface area (Å²) >= 11 is 0. The summed E-state index contributed by atoms with van der Waals surface area (Å²) in [5.74, 6) is 0.966. The molecular weight excluding hydrogens is 266 g/mol. The normalized spacial score (nSPS) is 21.8. The summed E-state index contributed by atoms with van der Waals surface area (Å²) in [4.78, 5) is 16.8. The maximum atomic E-state index is 12.2. The molecule has 1 aliphatic rings. The fourth-order valence-electron chi connectivity index (χ4n) is 2.85. The molecule has 1 amide bonds. The maximum Gasteiger partial charge on any atom is 0.251 e. The molecule has 0 unspecified atom stereocenters. The minimum atomic E-state index is -0.646. The number of aryl methyl sites for hydroxylation is 1. The van der Waals surface area contributed by atoms with E-state index in [9.17, 15) is 4.79 Å². The molecule has 1 saturated heterocycles. The summed E-state index contributed by atoms with van der Waals surface area (Å²) in [6.07, 6.45) is 2.47. The van der Waals surface area contributed by atoms with Crippen molar-refractivity contribution in [2.24, 2.45) is 7.05 Å². The number of carbonyl (C=O) groups excluding carboxylic acids is 1. The van der Waals surface area contributed by atoms with Crippen LogP contribution in [0.25, 0.3) is 11.0 Å². The Morgan fingerprint density at radius 3 is 3.00 bits per heavy atom. The molecule has 1 atom stereocenters. The highest BCUT2D eigenvalue weighted by molar-refractivity contribution is 5.85. The van der Waals surface area contributed by atoms with Gasteiger partial charge in [-0.05, 0) is 31.9 Å². The van der Waals surface area contributed by atoms with Crippen LogP contribution >= 0.6 is 0 Å². The molecule has 5 heteroatoms. The zero-order valence-electron chi connectivity index (χ0n) is 12.6. The topological polar surface area (TPSA) is 56.2 Å². The maximum absolute atomic E-state index is 12.2. The van der Waals surface area contributed by atoms with E-state index in [4.69, 9.17) is 4.74 Å². The van der Waals surface area contributed by atoms with Crippen LogP contribution in [0.15, 0.2) is 24.3 Å². The lowest BCUT2D eigenvalue weighted by Gasteiger charge is -2.21. The average Bonchev–Trinajstić information content (AvgIpc) is 3.06. The van der Waals surface area contributed by atoms with Crippen LogP contribution in [0.1, 0.15) is 25.6 Å². The van der Waals surface area contributed by atoms with Gasteiger partial charge in [0, 0.05) is 26.6 Å². The highest BCUT2D eigenvalue weighted by atomic mass is 16.5. The summed E-state index contributed by atoms with van der Waals surface area (Å²) in [5.41, 5.74) is 1.46. The Morgan fingerprint density at radius 2 is 2.29 bits per heavy atom. The average molecular weight is 287 g/mol. The van der Waals surface area contributed by atoms with Gasteiger partial charge in [0.1, 0.15) is 11.4 Å². The van der Waals surface area contributed by atoms with E-state index in [0.717, 1.165) is 29.7 Å². The highest BCUT2D eigenvalue weighted by Gasteiger charge is 2.37. The number of rotatable bonds is 4. The molecule has 2 aromatic rings. The number of nitrogens with zero attached hydrogens (tertiary/aromatic N) is 2. The number of aromatic nitrogens is 2. The zero-order valence-corrected chi connectivity index (χ0v) is 12.6. The molecule has 1 N–H and O–H groups in total. The third-order valence-electron chi connectivity index (χ3n) is 4.21. The number of hydrogen-bond donors (Lipinski definition) is 1. The van der Waals surface area contributed by atoms with Crippen LogP contribution in [0, 0.1) is 0 Å². The van der Waals surface area contributed by atoms with Gasteiger partial charge in [0.15, 0.2) is 0 Å². The van der Waals surface area contributed by atoms with Crippen LogP contribution in [-0.2, 0) is 23.0 Å². The Morgan fingerprint density at radius 1 is 1.48 bits per heavy atom. The molecule has 0 bridgehead atoms. The van der Waals surface area contributed by atoms with Crippen molar-refractivity contribution in [3.8, 4) is 0 Å². The minimum Gasteiger partial charge on any atom is -0.365 e. The third-order valence-corrected chi connectivity index (χ3v) is 4.21. The van der Waals surface area contributed by atoms with Crippen molar-refractivity contribution in [3.63, 3.8) is 0 Å². The number of amides is 1. The van der Waals surface area contributed by atoms with Crippen molar-refractivity contribution >= 4 is 16.9 Å². The predicted octanol–water partition coefficient (Wildman–Crippen LogP) is 1.80.